The summed E-state index contributed by atoms with van der Waals surface area (Å²) >= 11 is 3.24. The van der Waals surface area contributed by atoms with Crippen molar-refractivity contribution >= 4 is 29.0 Å². The fourth-order valence-electron chi connectivity index (χ4n) is 3.40. The van der Waals surface area contributed by atoms with E-state index in [2.05, 4.69) is 40.4 Å². The summed E-state index contributed by atoms with van der Waals surface area (Å²) in [5, 5.41) is 6.14. The topological polar surface area (TPSA) is 49.6 Å². The number of benzene rings is 1. The van der Waals surface area contributed by atoms with Gasteiger partial charge in [-0.05, 0) is 23.4 Å². The molecular formula is C22H25N3O2S2. The smallest absolute Gasteiger partial charge is 0.232 e. The van der Waals surface area contributed by atoms with E-state index in [4.69, 9.17) is 4.52 Å². The van der Waals surface area contributed by atoms with Gasteiger partial charge >= 0.3 is 0 Å². The van der Waals surface area contributed by atoms with Gasteiger partial charge in [0.05, 0.1) is 16.3 Å². The predicted molar refractivity (Wildman–Crippen MR) is 119 cm³/mol. The van der Waals surface area contributed by atoms with Crippen molar-refractivity contribution in [1.29, 1.82) is 0 Å². The van der Waals surface area contributed by atoms with Gasteiger partial charge in [-0.3, -0.25) is 9.69 Å². The van der Waals surface area contributed by atoms with E-state index in [9.17, 15) is 4.79 Å². The van der Waals surface area contributed by atoms with Gasteiger partial charge in [0, 0.05) is 44.5 Å². The fourth-order valence-corrected chi connectivity index (χ4v) is 4.88. The molecule has 1 aromatic carbocycles. The molecule has 0 unspecified atom stereocenters. The maximum atomic E-state index is 12.5. The van der Waals surface area contributed by atoms with Crippen LogP contribution in [-0.2, 0) is 17.0 Å². The molecule has 3 aromatic rings. The van der Waals surface area contributed by atoms with Gasteiger partial charge in [0.15, 0.2) is 5.76 Å². The highest BCUT2D eigenvalue weighted by molar-refractivity contribution is 7.99. The van der Waals surface area contributed by atoms with Crippen molar-refractivity contribution in [1.82, 2.24) is 15.0 Å². The second-order valence-corrected chi connectivity index (χ2v) is 9.04. The molecule has 152 valence electrons. The molecule has 7 heteroatoms. The third-order valence-corrected chi connectivity index (χ3v) is 6.92. The van der Waals surface area contributed by atoms with E-state index in [1.165, 1.54) is 5.56 Å². The van der Waals surface area contributed by atoms with Crippen molar-refractivity contribution in [3.05, 3.63) is 65.2 Å². The Balaban J connectivity index is 1.15. The molecule has 0 N–H and O–H groups in total. The van der Waals surface area contributed by atoms with Gasteiger partial charge in [0.1, 0.15) is 0 Å². The van der Waals surface area contributed by atoms with E-state index in [-0.39, 0.29) is 5.91 Å². The van der Waals surface area contributed by atoms with Gasteiger partial charge in [-0.2, -0.15) is 0 Å². The molecule has 1 amide bonds. The highest BCUT2D eigenvalue weighted by Crippen LogP contribution is 2.26. The molecule has 0 saturated carbocycles. The zero-order valence-corrected chi connectivity index (χ0v) is 18.0. The van der Waals surface area contributed by atoms with Crippen molar-refractivity contribution < 1.29 is 9.32 Å². The number of piperazine rings is 1. The number of hydrogen-bond donors (Lipinski definition) is 0. The Morgan fingerprint density at radius 2 is 1.93 bits per heavy atom. The highest BCUT2D eigenvalue weighted by Gasteiger charge is 2.21. The Morgan fingerprint density at radius 1 is 1.10 bits per heavy atom. The first-order chi connectivity index (χ1) is 14.3. The van der Waals surface area contributed by atoms with Crippen molar-refractivity contribution in [3.8, 4) is 10.6 Å². The van der Waals surface area contributed by atoms with Crippen LogP contribution in [0.3, 0.4) is 0 Å². The van der Waals surface area contributed by atoms with E-state index < -0.39 is 0 Å². The van der Waals surface area contributed by atoms with Crippen LogP contribution in [-0.4, -0.2) is 59.3 Å². The standard InChI is InChI=1S/C22H25N3O2S2/c26-22(17-28-16-19-15-20(27-23-19)21-7-4-14-29-21)25-12-10-24(11-13-25)9-8-18-5-2-1-3-6-18/h1-7,14-15H,8-13,16-17H2. The molecule has 4 rings (SSSR count). The monoisotopic (exact) mass is 427 g/mol. The van der Waals surface area contributed by atoms with E-state index in [1.807, 2.05) is 28.5 Å². The minimum absolute atomic E-state index is 0.222. The minimum atomic E-state index is 0.222. The maximum absolute atomic E-state index is 12.5. The summed E-state index contributed by atoms with van der Waals surface area (Å²) in [6.07, 6.45) is 1.07. The summed E-state index contributed by atoms with van der Waals surface area (Å²) in [7, 11) is 0. The maximum Gasteiger partial charge on any atom is 0.232 e. The van der Waals surface area contributed by atoms with E-state index >= 15 is 0 Å². The highest BCUT2D eigenvalue weighted by atomic mass is 32.2. The summed E-state index contributed by atoms with van der Waals surface area (Å²) in [5.41, 5.74) is 2.26. The molecular weight excluding hydrogens is 402 g/mol. The lowest BCUT2D eigenvalue weighted by atomic mass is 10.1. The van der Waals surface area contributed by atoms with Gasteiger partial charge in [-0.15, -0.1) is 23.1 Å². The van der Waals surface area contributed by atoms with Gasteiger partial charge in [-0.1, -0.05) is 41.6 Å². The Hall–Kier alpha value is -2.09. The number of hydrogen-bond acceptors (Lipinski definition) is 6. The van der Waals surface area contributed by atoms with Gasteiger partial charge in [-0.25, -0.2) is 0 Å². The molecule has 1 aliphatic rings. The molecule has 5 nitrogen and oxygen atoms in total. The second-order valence-electron chi connectivity index (χ2n) is 7.11. The molecule has 29 heavy (non-hydrogen) atoms. The van der Waals surface area contributed by atoms with Crippen LogP contribution < -0.4 is 0 Å². The van der Waals surface area contributed by atoms with Crippen LogP contribution in [0.5, 0.6) is 0 Å². The van der Waals surface area contributed by atoms with Crippen molar-refractivity contribution in [2.45, 2.75) is 12.2 Å². The number of amides is 1. The zero-order chi connectivity index (χ0) is 19.9. The first kappa shape index (κ1) is 20.2. The van der Waals surface area contributed by atoms with Crippen LogP contribution in [0.25, 0.3) is 10.6 Å². The summed E-state index contributed by atoms with van der Waals surface area (Å²) < 4.78 is 5.40. The van der Waals surface area contributed by atoms with E-state index in [0.717, 1.165) is 55.5 Å². The molecule has 0 radical (unpaired) electrons. The van der Waals surface area contributed by atoms with Crippen LogP contribution in [0.2, 0.25) is 0 Å². The Kier molecular flexibility index (Phi) is 7.03. The van der Waals surface area contributed by atoms with Crippen LogP contribution >= 0.6 is 23.1 Å². The second kappa shape index (κ2) is 10.1. The lowest BCUT2D eigenvalue weighted by molar-refractivity contribution is -0.130. The number of carbonyl (C=O) groups excluding carboxylic acids is 1. The largest absolute Gasteiger partial charge is 0.355 e. The molecule has 1 saturated heterocycles. The molecule has 0 bridgehead atoms. The van der Waals surface area contributed by atoms with Gasteiger partial charge in [0.2, 0.25) is 5.91 Å². The van der Waals surface area contributed by atoms with Crippen molar-refractivity contribution in [2.75, 3.05) is 38.5 Å². The minimum Gasteiger partial charge on any atom is -0.355 e. The van der Waals surface area contributed by atoms with Crippen molar-refractivity contribution in [2.24, 2.45) is 0 Å². The summed E-state index contributed by atoms with van der Waals surface area (Å²) in [6.45, 7) is 4.61. The summed E-state index contributed by atoms with van der Waals surface area (Å²) in [4.78, 5) is 18.0. The number of rotatable bonds is 8. The molecule has 2 aromatic heterocycles. The number of thiophene rings is 1. The van der Waals surface area contributed by atoms with Crippen LogP contribution in [0.4, 0.5) is 0 Å². The average molecular weight is 428 g/mol. The Morgan fingerprint density at radius 3 is 2.69 bits per heavy atom. The normalized spacial score (nSPS) is 15.0. The SMILES string of the molecule is O=C(CSCc1cc(-c2cccs2)on1)N1CCN(CCc2ccccc2)CC1. The number of carbonyl (C=O) groups is 1. The Bertz CT molecular complexity index is 888. The number of nitrogens with zero attached hydrogens (tertiary/aromatic N) is 3. The van der Waals surface area contributed by atoms with Crippen LogP contribution in [0, 0.1) is 0 Å². The van der Waals surface area contributed by atoms with Gasteiger partial charge < -0.3 is 9.42 Å². The zero-order valence-electron chi connectivity index (χ0n) is 16.3. The third kappa shape index (κ3) is 5.72. The van der Waals surface area contributed by atoms with Crippen molar-refractivity contribution in [3.63, 3.8) is 0 Å². The number of thioether (sulfide) groups is 1. The quantitative estimate of drug-likeness (QED) is 0.543. The van der Waals surface area contributed by atoms with Crippen LogP contribution in [0.1, 0.15) is 11.3 Å². The lowest BCUT2D eigenvalue weighted by Gasteiger charge is -2.34. The first-order valence-corrected chi connectivity index (χ1v) is 11.9. The fraction of sp³-hybridized carbons (Fsp3) is 0.364. The summed E-state index contributed by atoms with van der Waals surface area (Å²) in [6, 6.07) is 16.6. The molecule has 1 fully saturated rings. The summed E-state index contributed by atoms with van der Waals surface area (Å²) in [5.74, 6) is 2.20. The van der Waals surface area contributed by atoms with E-state index in [1.54, 1.807) is 23.1 Å². The molecule has 0 spiro atoms. The average Bonchev–Trinajstić information content (AvgIpc) is 3.45. The lowest BCUT2D eigenvalue weighted by Crippen LogP contribution is -2.49. The third-order valence-electron chi connectivity index (χ3n) is 5.08. The molecule has 1 aliphatic heterocycles. The number of aromatic nitrogens is 1. The molecule has 3 heterocycles. The van der Waals surface area contributed by atoms with Gasteiger partial charge in [0.25, 0.3) is 0 Å². The van der Waals surface area contributed by atoms with E-state index in [0.29, 0.717) is 11.5 Å². The first-order valence-electron chi connectivity index (χ1n) is 9.89. The molecule has 0 aliphatic carbocycles. The molecule has 0 atom stereocenters. The Labute approximate surface area is 179 Å². The van der Waals surface area contributed by atoms with Crippen LogP contribution in [0.15, 0.2) is 58.4 Å². The predicted octanol–water partition coefficient (Wildman–Crippen LogP) is 4.02.